The summed E-state index contributed by atoms with van der Waals surface area (Å²) >= 11 is 0. The molecule has 0 N–H and O–H groups in total. The third-order valence-corrected chi connectivity index (χ3v) is 12.7. The molecule has 12 rings (SSSR count). The van der Waals surface area contributed by atoms with Crippen LogP contribution in [0.15, 0.2) is 199 Å². The van der Waals surface area contributed by atoms with Crippen molar-refractivity contribution in [1.82, 2.24) is 9.97 Å². The van der Waals surface area contributed by atoms with Crippen molar-refractivity contribution in [2.45, 2.75) is 19.3 Å². The lowest BCUT2D eigenvalue weighted by Gasteiger charge is -2.22. The van der Waals surface area contributed by atoms with Crippen LogP contribution in [0.2, 0.25) is 0 Å². The highest BCUT2D eigenvalue weighted by atomic mass is 16.3. The van der Waals surface area contributed by atoms with Gasteiger partial charge in [-0.3, -0.25) is 0 Å². The van der Waals surface area contributed by atoms with Gasteiger partial charge in [0.05, 0.1) is 11.4 Å². The molecular weight excluding hydrogens is 729 g/mol. The van der Waals surface area contributed by atoms with Crippen molar-refractivity contribution in [2.75, 3.05) is 0 Å². The molecule has 60 heavy (non-hydrogen) atoms. The van der Waals surface area contributed by atoms with E-state index < -0.39 is 0 Å². The van der Waals surface area contributed by atoms with Crippen LogP contribution in [-0.4, -0.2) is 9.97 Å². The van der Waals surface area contributed by atoms with Crippen LogP contribution in [-0.2, 0) is 5.41 Å². The molecule has 9 aromatic carbocycles. The van der Waals surface area contributed by atoms with E-state index in [1.165, 1.54) is 54.9 Å². The first-order chi connectivity index (χ1) is 29.5. The van der Waals surface area contributed by atoms with Crippen molar-refractivity contribution in [3.05, 3.63) is 205 Å². The Bertz CT molecular complexity index is 3490. The molecule has 0 saturated carbocycles. The predicted octanol–water partition coefficient (Wildman–Crippen LogP) is 15.3. The largest absolute Gasteiger partial charge is 0.456 e. The quantitative estimate of drug-likeness (QED) is 0.175. The molecule has 3 nitrogen and oxygen atoms in total. The Morgan fingerprint density at radius 2 is 1.00 bits per heavy atom. The lowest BCUT2D eigenvalue weighted by atomic mass is 9.81. The number of nitrogens with zero attached hydrogens (tertiary/aromatic N) is 2. The van der Waals surface area contributed by atoms with Gasteiger partial charge in [-0.25, -0.2) is 9.97 Å². The Morgan fingerprint density at radius 3 is 1.75 bits per heavy atom. The maximum Gasteiger partial charge on any atom is 0.160 e. The number of benzene rings is 9. The molecule has 11 aromatic rings. The first kappa shape index (κ1) is 34.4. The molecule has 1 aliphatic carbocycles. The highest BCUT2D eigenvalue weighted by Gasteiger charge is 2.37. The molecule has 0 aliphatic heterocycles. The summed E-state index contributed by atoms with van der Waals surface area (Å²) in [6.45, 7) is 4.71. The van der Waals surface area contributed by atoms with Crippen molar-refractivity contribution < 1.29 is 4.42 Å². The molecule has 0 bridgehead atoms. The van der Waals surface area contributed by atoms with E-state index in [2.05, 4.69) is 190 Å². The van der Waals surface area contributed by atoms with Crippen LogP contribution < -0.4 is 0 Å². The maximum absolute atomic E-state index is 6.29. The van der Waals surface area contributed by atoms with Crippen LogP contribution in [0, 0.1) is 0 Å². The average Bonchev–Trinajstić information content (AvgIpc) is 3.80. The van der Waals surface area contributed by atoms with E-state index in [4.69, 9.17) is 14.4 Å². The molecule has 0 unspecified atom stereocenters. The summed E-state index contributed by atoms with van der Waals surface area (Å²) in [4.78, 5) is 10.3. The van der Waals surface area contributed by atoms with E-state index in [-0.39, 0.29) is 5.41 Å². The van der Waals surface area contributed by atoms with Crippen LogP contribution in [0.5, 0.6) is 0 Å². The number of hydrogen-bond acceptors (Lipinski definition) is 3. The minimum atomic E-state index is -0.0916. The number of hydrogen-bond donors (Lipinski definition) is 0. The summed E-state index contributed by atoms with van der Waals surface area (Å²) in [7, 11) is 0. The lowest BCUT2D eigenvalue weighted by molar-refractivity contribution is 0.661. The molecule has 0 radical (unpaired) electrons. The zero-order valence-electron chi connectivity index (χ0n) is 33.3. The predicted molar refractivity (Wildman–Crippen MR) is 249 cm³/mol. The van der Waals surface area contributed by atoms with Crippen LogP contribution in [0.1, 0.15) is 25.0 Å². The van der Waals surface area contributed by atoms with Crippen molar-refractivity contribution in [2.24, 2.45) is 0 Å². The number of aromatic nitrogens is 2. The fourth-order valence-corrected chi connectivity index (χ4v) is 9.55. The topological polar surface area (TPSA) is 38.9 Å². The standard InChI is InChI=1S/C57H38N2O/c1-57(2)48-18-10-17-44(54(48)46-31-41-14-6-7-15-42(41)33-49(46)57)37-21-25-39(26-22-37)51-34-50(58-56(59-51)40-12-4-3-5-13-40)38-23-19-35(20-24-38)43-28-29-52-47(32-43)55-45-16-9-8-11-36(45)27-30-53(55)60-52/h3-34H,1-2H3. The molecular formula is C57H38N2O. The maximum atomic E-state index is 6.29. The zero-order chi connectivity index (χ0) is 40.0. The monoisotopic (exact) mass is 766 g/mol. The van der Waals surface area contributed by atoms with E-state index in [0.717, 1.165) is 61.1 Å². The Kier molecular flexibility index (Phi) is 7.58. The molecule has 0 amide bonds. The summed E-state index contributed by atoms with van der Waals surface area (Å²) in [5.74, 6) is 0.702. The van der Waals surface area contributed by atoms with Gasteiger partial charge in [-0.05, 0) is 102 Å². The van der Waals surface area contributed by atoms with Crippen LogP contribution >= 0.6 is 0 Å². The second kappa shape index (κ2) is 13.2. The van der Waals surface area contributed by atoms with E-state index in [1.54, 1.807) is 0 Å². The summed E-state index contributed by atoms with van der Waals surface area (Å²) in [5.41, 5.74) is 16.7. The Morgan fingerprint density at radius 1 is 0.383 bits per heavy atom. The molecule has 282 valence electrons. The van der Waals surface area contributed by atoms with Crippen LogP contribution in [0.4, 0.5) is 0 Å². The Hall–Kier alpha value is -7.62. The average molecular weight is 767 g/mol. The second-order valence-electron chi connectivity index (χ2n) is 16.6. The van der Waals surface area contributed by atoms with Gasteiger partial charge in [0.1, 0.15) is 11.2 Å². The van der Waals surface area contributed by atoms with Gasteiger partial charge in [-0.15, -0.1) is 0 Å². The summed E-state index contributed by atoms with van der Waals surface area (Å²) in [6.07, 6.45) is 0. The highest BCUT2D eigenvalue weighted by molar-refractivity contribution is 6.19. The van der Waals surface area contributed by atoms with Crippen LogP contribution in [0.25, 0.3) is 111 Å². The minimum Gasteiger partial charge on any atom is -0.456 e. The summed E-state index contributed by atoms with van der Waals surface area (Å²) in [6, 6.07) is 69.5. The summed E-state index contributed by atoms with van der Waals surface area (Å²) in [5, 5.41) is 7.26. The van der Waals surface area contributed by atoms with Gasteiger partial charge in [0.15, 0.2) is 5.82 Å². The molecule has 3 heteroatoms. The van der Waals surface area contributed by atoms with E-state index >= 15 is 0 Å². The van der Waals surface area contributed by atoms with Gasteiger partial charge in [0, 0.05) is 32.9 Å². The SMILES string of the molecule is CC1(C)c2cc3ccccc3cc2-c2c(-c3ccc(-c4cc(-c5ccc(-c6ccc7oc8ccc9ccccc9c8c7c6)cc5)nc(-c5ccccc5)n4)cc3)cccc21. The van der Waals surface area contributed by atoms with Crippen molar-refractivity contribution >= 4 is 43.5 Å². The normalized spacial score (nSPS) is 13.0. The number of furan rings is 1. The summed E-state index contributed by atoms with van der Waals surface area (Å²) < 4.78 is 6.29. The molecule has 2 aromatic heterocycles. The lowest BCUT2D eigenvalue weighted by Crippen LogP contribution is -2.14. The van der Waals surface area contributed by atoms with E-state index in [0.29, 0.717) is 5.82 Å². The van der Waals surface area contributed by atoms with Gasteiger partial charge in [0.2, 0.25) is 0 Å². The molecule has 0 fully saturated rings. The first-order valence-electron chi connectivity index (χ1n) is 20.6. The number of fused-ring (bicyclic) bond motifs is 9. The Labute approximate surface area is 348 Å². The van der Waals surface area contributed by atoms with Gasteiger partial charge in [-0.2, -0.15) is 0 Å². The third kappa shape index (κ3) is 5.43. The Balaban J connectivity index is 0.918. The van der Waals surface area contributed by atoms with Crippen molar-refractivity contribution in [3.8, 4) is 67.3 Å². The molecule has 0 spiro atoms. The molecule has 0 atom stereocenters. The van der Waals surface area contributed by atoms with Crippen molar-refractivity contribution in [1.29, 1.82) is 0 Å². The minimum absolute atomic E-state index is 0.0916. The highest BCUT2D eigenvalue weighted by Crippen LogP contribution is 2.53. The molecule has 1 aliphatic rings. The second-order valence-corrected chi connectivity index (χ2v) is 16.6. The van der Waals surface area contributed by atoms with Gasteiger partial charge in [0.25, 0.3) is 0 Å². The van der Waals surface area contributed by atoms with Crippen LogP contribution in [0.3, 0.4) is 0 Å². The third-order valence-electron chi connectivity index (χ3n) is 12.7. The molecule has 0 saturated heterocycles. The van der Waals surface area contributed by atoms with Gasteiger partial charge < -0.3 is 4.42 Å². The fraction of sp³-hybridized carbons (Fsp3) is 0.0526. The zero-order valence-corrected chi connectivity index (χ0v) is 33.3. The van der Waals surface area contributed by atoms with Gasteiger partial charge >= 0.3 is 0 Å². The molecule has 2 heterocycles. The van der Waals surface area contributed by atoms with E-state index in [9.17, 15) is 0 Å². The van der Waals surface area contributed by atoms with E-state index in [1.807, 2.05) is 18.2 Å². The number of rotatable bonds is 5. The first-order valence-corrected chi connectivity index (χ1v) is 20.6. The smallest absolute Gasteiger partial charge is 0.160 e. The fourth-order valence-electron chi connectivity index (χ4n) is 9.55. The van der Waals surface area contributed by atoms with Gasteiger partial charge in [-0.1, -0.05) is 172 Å². The van der Waals surface area contributed by atoms with Crippen molar-refractivity contribution in [3.63, 3.8) is 0 Å².